The fourth-order valence-electron chi connectivity index (χ4n) is 3.30. The van der Waals surface area contributed by atoms with E-state index in [4.69, 9.17) is 9.47 Å². The smallest absolute Gasteiger partial charge is 0.350 e. The third kappa shape index (κ3) is 4.38. The van der Waals surface area contributed by atoms with Crippen molar-refractivity contribution in [3.8, 4) is 0 Å². The monoisotopic (exact) mass is 396 g/mol. The molecule has 1 aliphatic rings. The van der Waals surface area contributed by atoms with Gasteiger partial charge < -0.3 is 9.47 Å². The highest BCUT2D eigenvalue weighted by Gasteiger charge is 2.44. The SMILES string of the molecule is CCOC(=O)C1(OC(=O)Cc2c(C)cc(C)cc2Br)CCCCC1. The highest BCUT2D eigenvalue weighted by atomic mass is 79.9. The molecule has 0 unspecified atom stereocenters. The minimum absolute atomic E-state index is 0.147. The van der Waals surface area contributed by atoms with E-state index in [1.165, 1.54) is 0 Å². The van der Waals surface area contributed by atoms with Crippen LogP contribution in [-0.4, -0.2) is 24.1 Å². The molecule has 0 heterocycles. The lowest BCUT2D eigenvalue weighted by Crippen LogP contribution is -2.46. The van der Waals surface area contributed by atoms with Crippen molar-refractivity contribution in [1.82, 2.24) is 0 Å². The van der Waals surface area contributed by atoms with Gasteiger partial charge in [-0.1, -0.05) is 28.4 Å². The Kier molecular flexibility index (Phi) is 6.44. The molecule has 5 heteroatoms. The predicted molar refractivity (Wildman–Crippen MR) is 95.9 cm³/mol. The van der Waals surface area contributed by atoms with Crippen molar-refractivity contribution in [3.05, 3.63) is 33.3 Å². The Bertz CT molecular complexity index is 595. The van der Waals surface area contributed by atoms with Crippen LogP contribution in [-0.2, 0) is 25.5 Å². The number of aryl methyl sites for hydroxylation is 2. The summed E-state index contributed by atoms with van der Waals surface area (Å²) in [5.74, 6) is -0.782. The maximum Gasteiger partial charge on any atom is 0.350 e. The third-order valence-electron chi connectivity index (χ3n) is 4.50. The summed E-state index contributed by atoms with van der Waals surface area (Å²) >= 11 is 3.52. The first-order valence-corrected chi connectivity index (χ1v) is 9.32. The molecule has 2 rings (SSSR count). The highest BCUT2D eigenvalue weighted by Crippen LogP contribution is 2.34. The first-order chi connectivity index (χ1) is 11.4. The number of halogens is 1. The second kappa shape index (κ2) is 8.15. The zero-order chi connectivity index (χ0) is 17.7. The molecule has 1 saturated carbocycles. The van der Waals surface area contributed by atoms with E-state index in [-0.39, 0.29) is 12.4 Å². The van der Waals surface area contributed by atoms with E-state index in [1.54, 1.807) is 6.92 Å². The second-order valence-electron chi connectivity index (χ2n) is 6.47. The Morgan fingerprint density at radius 3 is 2.42 bits per heavy atom. The maximum atomic E-state index is 12.5. The minimum atomic E-state index is -1.10. The molecule has 132 valence electrons. The van der Waals surface area contributed by atoms with Gasteiger partial charge in [-0.05, 0) is 69.2 Å². The molecule has 24 heavy (non-hydrogen) atoms. The zero-order valence-electron chi connectivity index (χ0n) is 14.6. The van der Waals surface area contributed by atoms with Crippen LogP contribution in [0, 0.1) is 13.8 Å². The molecule has 1 aromatic rings. The topological polar surface area (TPSA) is 52.6 Å². The van der Waals surface area contributed by atoms with Gasteiger partial charge in [-0.3, -0.25) is 4.79 Å². The normalized spacial score (nSPS) is 16.5. The van der Waals surface area contributed by atoms with Gasteiger partial charge in [0, 0.05) is 4.47 Å². The fourth-order valence-corrected chi connectivity index (χ4v) is 4.12. The molecule has 0 amide bonds. The van der Waals surface area contributed by atoms with Crippen molar-refractivity contribution < 1.29 is 19.1 Å². The van der Waals surface area contributed by atoms with E-state index < -0.39 is 11.6 Å². The summed E-state index contributed by atoms with van der Waals surface area (Å²) in [4.78, 5) is 24.9. The quantitative estimate of drug-likeness (QED) is 0.691. The van der Waals surface area contributed by atoms with Gasteiger partial charge in [0.2, 0.25) is 5.60 Å². The van der Waals surface area contributed by atoms with Gasteiger partial charge in [0.15, 0.2) is 0 Å². The highest BCUT2D eigenvalue weighted by molar-refractivity contribution is 9.10. The second-order valence-corrected chi connectivity index (χ2v) is 7.32. The van der Waals surface area contributed by atoms with Crippen LogP contribution in [0.15, 0.2) is 16.6 Å². The summed E-state index contributed by atoms with van der Waals surface area (Å²) in [5.41, 5.74) is 1.97. The number of esters is 2. The molecule has 0 aromatic heterocycles. The number of hydrogen-bond donors (Lipinski definition) is 0. The van der Waals surface area contributed by atoms with Gasteiger partial charge in [0.1, 0.15) is 0 Å². The molecule has 4 nitrogen and oxygen atoms in total. The summed E-state index contributed by atoms with van der Waals surface area (Å²) in [7, 11) is 0. The Labute approximate surface area is 152 Å². The molecule has 0 N–H and O–H groups in total. The Morgan fingerprint density at radius 1 is 1.17 bits per heavy atom. The van der Waals surface area contributed by atoms with Crippen LogP contribution in [0.4, 0.5) is 0 Å². The van der Waals surface area contributed by atoms with E-state index >= 15 is 0 Å². The summed E-state index contributed by atoms with van der Waals surface area (Å²) < 4.78 is 11.8. The number of carbonyl (C=O) groups excluding carboxylic acids is 2. The molecule has 0 bridgehead atoms. The fraction of sp³-hybridized carbons (Fsp3) is 0.579. The van der Waals surface area contributed by atoms with E-state index in [0.29, 0.717) is 19.4 Å². The Morgan fingerprint density at radius 2 is 1.83 bits per heavy atom. The third-order valence-corrected chi connectivity index (χ3v) is 5.21. The van der Waals surface area contributed by atoms with Crippen LogP contribution >= 0.6 is 15.9 Å². The molecule has 0 aliphatic heterocycles. The molecule has 0 saturated heterocycles. The average molecular weight is 397 g/mol. The standard InChI is InChI=1S/C19H25BrO4/c1-4-23-18(22)19(8-6-5-7-9-19)24-17(21)12-15-14(3)10-13(2)11-16(15)20/h10-11H,4-9,12H2,1-3H3. The van der Waals surface area contributed by atoms with Gasteiger partial charge in [0.05, 0.1) is 13.0 Å². The minimum Gasteiger partial charge on any atom is -0.463 e. The predicted octanol–water partition coefficient (Wildman–Crippen LogP) is 4.42. The number of rotatable bonds is 5. The molecule has 1 aliphatic carbocycles. The Balaban J connectivity index is 2.15. The molecular formula is C19H25BrO4. The van der Waals surface area contributed by atoms with Crippen LogP contribution < -0.4 is 0 Å². The maximum absolute atomic E-state index is 12.5. The van der Waals surface area contributed by atoms with Gasteiger partial charge >= 0.3 is 11.9 Å². The van der Waals surface area contributed by atoms with Crippen molar-refractivity contribution >= 4 is 27.9 Å². The van der Waals surface area contributed by atoms with Crippen LogP contribution in [0.1, 0.15) is 55.7 Å². The van der Waals surface area contributed by atoms with E-state index in [0.717, 1.165) is 40.4 Å². The molecular weight excluding hydrogens is 372 g/mol. The number of hydrogen-bond acceptors (Lipinski definition) is 4. The molecule has 0 atom stereocenters. The van der Waals surface area contributed by atoms with E-state index in [1.807, 2.05) is 26.0 Å². The molecule has 0 spiro atoms. The molecule has 1 fully saturated rings. The van der Waals surface area contributed by atoms with Crippen molar-refractivity contribution in [2.45, 2.75) is 64.9 Å². The zero-order valence-corrected chi connectivity index (χ0v) is 16.2. The summed E-state index contributed by atoms with van der Waals surface area (Å²) in [6.07, 6.45) is 4.05. The molecule has 0 radical (unpaired) electrons. The van der Waals surface area contributed by atoms with Gasteiger partial charge in [0.25, 0.3) is 0 Å². The largest absolute Gasteiger partial charge is 0.463 e. The first-order valence-electron chi connectivity index (χ1n) is 8.52. The van der Waals surface area contributed by atoms with Crippen LogP contribution in [0.5, 0.6) is 0 Å². The number of ether oxygens (including phenoxy) is 2. The number of carbonyl (C=O) groups is 2. The summed E-state index contributed by atoms with van der Waals surface area (Å²) in [6, 6.07) is 4.02. The van der Waals surface area contributed by atoms with E-state index in [9.17, 15) is 9.59 Å². The lowest BCUT2D eigenvalue weighted by molar-refractivity contribution is -0.186. The average Bonchev–Trinajstić information content (AvgIpc) is 2.52. The Hall–Kier alpha value is -1.36. The van der Waals surface area contributed by atoms with Crippen molar-refractivity contribution in [3.63, 3.8) is 0 Å². The van der Waals surface area contributed by atoms with Gasteiger partial charge in [-0.25, -0.2) is 4.79 Å². The first kappa shape index (κ1) is 19.0. The lowest BCUT2D eigenvalue weighted by Gasteiger charge is -2.34. The van der Waals surface area contributed by atoms with Crippen LogP contribution in [0.2, 0.25) is 0 Å². The van der Waals surface area contributed by atoms with Crippen molar-refractivity contribution in [2.75, 3.05) is 6.61 Å². The van der Waals surface area contributed by atoms with Crippen LogP contribution in [0.3, 0.4) is 0 Å². The molecule has 1 aromatic carbocycles. The van der Waals surface area contributed by atoms with Crippen molar-refractivity contribution in [1.29, 1.82) is 0 Å². The summed E-state index contributed by atoms with van der Waals surface area (Å²) in [6.45, 7) is 6.05. The summed E-state index contributed by atoms with van der Waals surface area (Å²) in [5, 5.41) is 0. The van der Waals surface area contributed by atoms with Crippen molar-refractivity contribution in [2.24, 2.45) is 0 Å². The van der Waals surface area contributed by atoms with E-state index in [2.05, 4.69) is 15.9 Å². The van der Waals surface area contributed by atoms with Gasteiger partial charge in [-0.15, -0.1) is 0 Å². The van der Waals surface area contributed by atoms with Crippen LogP contribution in [0.25, 0.3) is 0 Å². The van der Waals surface area contributed by atoms with Gasteiger partial charge in [-0.2, -0.15) is 0 Å². The lowest BCUT2D eigenvalue weighted by atomic mass is 9.84. The number of benzene rings is 1.